The van der Waals surface area contributed by atoms with E-state index in [9.17, 15) is 29.2 Å². The predicted molar refractivity (Wildman–Crippen MR) is 139 cm³/mol. The lowest BCUT2D eigenvalue weighted by Gasteiger charge is -2.25. The van der Waals surface area contributed by atoms with Crippen molar-refractivity contribution >= 4 is 41.4 Å². The van der Waals surface area contributed by atoms with Crippen molar-refractivity contribution in [2.24, 2.45) is 0 Å². The second-order valence-corrected chi connectivity index (χ2v) is 11.1. The summed E-state index contributed by atoms with van der Waals surface area (Å²) in [6.45, 7) is 4.58. The summed E-state index contributed by atoms with van der Waals surface area (Å²) in [4.78, 5) is 57.6. The Hall–Kier alpha value is -2.18. The Morgan fingerprint density at radius 2 is 1.70 bits per heavy atom. The molecule has 210 valence electrons. The van der Waals surface area contributed by atoms with E-state index in [-0.39, 0.29) is 48.2 Å². The normalized spacial score (nSPS) is 26.4. The number of carbonyl (C=O) groups is 5. The number of unbranched alkanes of at least 4 members (excludes halogenated alkanes) is 5. The van der Waals surface area contributed by atoms with Crippen molar-refractivity contribution in [1.29, 1.82) is 0 Å². The maximum absolute atomic E-state index is 12.4. The van der Waals surface area contributed by atoms with Gasteiger partial charge in [0.1, 0.15) is 0 Å². The van der Waals surface area contributed by atoms with Crippen molar-refractivity contribution in [2.45, 2.75) is 114 Å². The maximum atomic E-state index is 12.4. The highest BCUT2D eigenvalue weighted by atomic mass is 32.2. The van der Waals surface area contributed by atoms with Gasteiger partial charge in [-0.05, 0) is 32.2 Å². The van der Waals surface area contributed by atoms with E-state index in [1.807, 2.05) is 18.7 Å². The standard InChI is InChI=1S/C15H26N2O4.C10H16N2O3S/c1-3-5-7-9-12(18)15(16-10-8-6-4-2)11-13(19)17(21)14(15)20;13-8(14)4-2-1-3-7-9-6(5-16-7)11-10(15)12-9/h16,21H,3-11H2,1-2H3;6-7,9H,1-5H2,(H,13,14)(H2,11,12,15)/t;6-,7-,9-/m.0/s1. The Morgan fingerprint density at radius 1 is 1.03 bits per heavy atom. The number of urea groups is 1. The minimum absolute atomic E-state index is 0.0640. The monoisotopic (exact) mass is 542 g/mol. The van der Waals surface area contributed by atoms with Crippen molar-refractivity contribution in [3.05, 3.63) is 0 Å². The zero-order valence-electron chi connectivity index (χ0n) is 21.9. The molecule has 3 rings (SSSR count). The minimum Gasteiger partial charge on any atom is -0.481 e. The summed E-state index contributed by atoms with van der Waals surface area (Å²) in [6, 6.07) is 0.440. The van der Waals surface area contributed by atoms with E-state index in [2.05, 4.69) is 22.9 Å². The van der Waals surface area contributed by atoms with Crippen LogP contribution in [-0.4, -0.2) is 80.1 Å². The van der Waals surface area contributed by atoms with Crippen LogP contribution in [0.5, 0.6) is 0 Å². The van der Waals surface area contributed by atoms with E-state index in [1.54, 1.807) is 0 Å². The van der Waals surface area contributed by atoms with Gasteiger partial charge in [0.25, 0.3) is 11.8 Å². The first-order chi connectivity index (χ1) is 17.7. The van der Waals surface area contributed by atoms with Gasteiger partial charge in [-0.1, -0.05) is 46.0 Å². The van der Waals surface area contributed by atoms with Crippen molar-refractivity contribution < 1.29 is 34.3 Å². The first-order valence-corrected chi connectivity index (χ1v) is 14.5. The van der Waals surface area contributed by atoms with Crippen LogP contribution >= 0.6 is 11.8 Å². The summed E-state index contributed by atoms with van der Waals surface area (Å²) >= 11 is 1.87. The maximum Gasteiger partial charge on any atom is 0.315 e. The molecule has 12 heteroatoms. The van der Waals surface area contributed by atoms with Crippen molar-refractivity contribution in [2.75, 3.05) is 12.3 Å². The van der Waals surface area contributed by atoms with Crippen LogP contribution in [0.4, 0.5) is 4.79 Å². The van der Waals surface area contributed by atoms with E-state index in [1.165, 1.54) is 0 Å². The number of hydrogen-bond donors (Lipinski definition) is 5. The van der Waals surface area contributed by atoms with E-state index < -0.39 is 23.3 Å². The molecule has 0 radical (unpaired) electrons. The number of carboxylic acids is 1. The van der Waals surface area contributed by atoms with Gasteiger partial charge in [0.15, 0.2) is 11.3 Å². The van der Waals surface area contributed by atoms with Crippen LogP contribution in [-0.2, 0) is 19.2 Å². The molecule has 37 heavy (non-hydrogen) atoms. The molecular formula is C25H42N4O7S. The molecule has 3 heterocycles. The van der Waals surface area contributed by atoms with Gasteiger partial charge >= 0.3 is 12.0 Å². The molecule has 5 N–H and O–H groups in total. The number of aliphatic carboxylic acids is 1. The highest BCUT2D eigenvalue weighted by Gasteiger charge is 2.55. The van der Waals surface area contributed by atoms with Crippen LogP contribution in [0.25, 0.3) is 0 Å². The Labute approximate surface area is 222 Å². The topological polar surface area (TPSA) is 165 Å². The second kappa shape index (κ2) is 15.3. The Morgan fingerprint density at radius 3 is 2.32 bits per heavy atom. The Kier molecular flexibility index (Phi) is 12.8. The van der Waals surface area contributed by atoms with Crippen LogP contribution in [0, 0.1) is 0 Å². The zero-order valence-corrected chi connectivity index (χ0v) is 22.7. The molecule has 3 fully saturated rings. The molecule has 0 saturated carbocycles. The van der Waals surface area contributed by atoms with Gasteiger partial charge in [-0.15, -0.1) is 0 Å². The average molecular weight is 543 g/mol. The summed E-state index contributed by atoms with van der Waals surface area (Å²) < 4.78 is 0. The smallest absolute Gasteiger partial charge is 0.315 e. The number of ketones is 1. The van der Waals surface area contributed by atoms with E-state index in [4.69, 9.17) is 5.11 Å². The number of carbonyl (C=O) groups excluding carboxylic acids is 4. The predicted octanol–water partition coefficient (Wildman–Crippen LogP) is 2.60. The number of imide groups is 1. The molecular weight excluding hydrogens is 500 g/mol. The van der Waals surface area contributed by atoms with Crippen molar-refractivity contribution in [3.63, 3.8) is 0 Å². The van der Waals surface area contributed by atoms with Crippen LogP contribution in [0.2, 0.25) is 0 Å². The minimum atomic E-state index is -1.55. The molecule has 4 amide bonds. The first kappa shape index (κ1) is 31.0. The van der Waals surface area contributed by atoms with Crippen molar-refractivity contribution in [1.82, 2.24) is 21.0 Å². The number of hydrogen-bond acceptors (Lipinski definition) is 8. The molecule has 3 saturated heterocycles. The number of rotatable bonds is 15. The third-order valence-electron chi connectivity index (χ3n) is 6.97. The molecule has 0 aliphatic carbocycles. The Balaban J connectivity index is 0.000000269. The van der Waals surface area contributed by atoms with Gasteiger partial charge in [0.05, 0.1) is 18.5 Å². The van der Waals surface area contributed by atoms with Gasteiger partial charge in [0.2, 0.25) is 0 Å². The van der Waals surface area contributed by atoms with Crippen molar-refractivity contribution in [3.8, 4) is 0 Å². The van der Waals surface area contributed by atoms with Gasteiger partial charge < -0.3 is 15.7 Å². The number of amides is 4. The molecule has 0 aromatic rings. The summed E-state index contributed by atoms with van der Waals surface area (Å²) in [5.74, 6) is -1.60. The largest absolute Gasteiger partial charge is 0.481 e. The van der Waals surface area contributed by atoms with Gasteiger partial charge in [-0.25, -0.2) is 4.79 Å². The van der Waals surface area contributed by atoms with E-state index >= 15 is 0 Å². The fourth-order valence-electron chi connectivity index (χ4n) is 4.82. The molecule has 0 aromatic carbocycles. The van der Waals surface area contributed by atoms with Gasteiger partial charge in [-0.3, -0.25) is 29.7 Å². The SMILES string of the molecule is CCCCCNC1(C(=O)CCCCC)CC(=O)N(O)C1=O.O=C(O)CCCC[C@@H]1SC[C@@H]2NC(=O)N[C@@H]21. The highest BCUT2D eigenvalue weighted by molar-refractivity contribution is 8.00. The summed E-state index contributed by atoms with van der Waals surface area (Å²) in [7, 11) is 0. The highest BCUT2D eigenvalue weighted by Crippen LogP contribution is 2.33. The molecule has 3 aliphatic heterocycles. The van der Waals surface area contributed by atoms with Crippen LogP contribution in [0.15, 0.2) is 0 Å². The number of fused-ring (bicyclic) bond motifs is 1. The van der Waals surface area contributed by atoms with Crippen LogP contribution < -0.4 is 16.0 Å². The van der Waals surface area contributed by atoms with Gasteiger partial charge in [0, 0.05) is 23.8 Å². The average Bonchev–Trinajstić information content (AvgIpc) is 3.48. The molecule has 11 nitrogen and oxygen atoms in total. The summed E-state index contributed by atoms with van der Waals surface area (Å²) in [6.07, 6.45) is 8.27. The number of nitrogens with one attached hydrogen (secondary N) is 3. The number of nitrogens with zero attached hydrogens (tertiary/aromatic N) is 1. The number of Topliss-reactive ketones (excluding diaryl/α,β-unsaturated/α-hetero) is 1. The summed E-state index contributed by atoms with van der Waals surface area (Å²) in [5, 5.41) is 27.3. The number of carboxylic acid groups (broad SMARTS) is 1. The lowest BCUT2D eigenvalue weighted by molar-refractivity contribution is -0.173. The quantitative estimate of drug-likeness (QED) is 0.0687. The van der Waals surface area contributed by atoms with E-state index in [0.29, 0.717) is 18.2 Å². The molecule has 0 aromatic heterocycles. The third kappa shape index (κ3) is 8.68. The molecule has 1 unspecified atom stereocenters. The zero-order chi connectivity index (χ0) is 27.4. The first-order valence-electron chi connectivity index (χ1n) is 13.4. The third-order valence-corrected chi connectivity index (χ3v) is 8.48. The summed E-state index contributed by atoms with van der Waals surface area (Å²) in [5.41, 5.74) is -1.55. The second-order valence-electron chi connectivity index (χ2n) is 9.87. The number of thioether (sulfide) groups is 1. The Bertz CT molecular complexity index is 827. The molecule has 4 atom stereocenters. The fraction of sp³-hybridized carbons (Fsp3) is 0.800. The van der Waals surface area contributed by atoms with E-state index in [0.717, 1.165) is 57.1 Å². The molecule has 3 aliphatic rings. The molecule has 0 bridgehead atoms. The lowest BCUT2D eigenvalue weighted by atomic mass is 9.88. The fourth-order valence-corrected chi connectivity index (χ4v) is 6.36. The van der Waals surface area contributed by atoms with Gasteiger partial charge in [-0.2, -0.15) is 16.8 Å². The van der Waals surface area contributed by atoms with Crippen LogP contribution in [0.1, 0.15) is 90.9 Å². The lowest BCUT2D eigenvalue weighted by Crippen LogP contribution is -2.57. The molecule has 0 spiro atoms. The van der Waals surface area contributed by atoms with Crippen LogP contribution in [0.3, 0.4) is 0 Å². The number of hydroxylamine groups is 2.